The number of hydrogen-bond acceptors (Lipinski definition) is 6. The van der Waals surface area contributed by atoms with Crippen LogP contribution in [0.5, 0.6) is 0 Å². The standard InChI is InChI=1S/C18H20N2O4S.2C8H7N/c1-2-3-14-25(22,23)24-20-18(16-12-8-5-9-13-16)17(19-21)15-10-6-4-7-11-15;2*1-2-4-8-7(3-1)5-6-9-8/h4-13,21H,2-3,14H2,1H3;2*1-6,9H. The minimum absolute atomic E-state index is 0.119. The summed E-state index contributed by atoms with van der Waals surface area (Å²) in [6.45, 7) is 1.89. The highest BCUT2D eigenvalue weighted by Gasteiger charge is 2.18. The average Bonchev–Trinajstić information content (AvgIpc) is 3.74. The molecule has 3 N–H and O–H groups in total. The van der Waals surface area contributed by atoms with Gasteiger partial charge >= 0.3 is 10.1 Å². The van der Waals surface area contributed by atoms with Crippen LogP contribution in [-0.2, 0) is 14.4 Å². The van der Waals surface area contributed by atoms with Crippen molar-refractivity contribution in [3.05, 3.63) is 145 Å². The summed E-state index contributed by atoms with van der Waals surface area (Å²) in [7, 11) is -3.79. The van der Waals surface area contributed by atoms with Gasteiger partial charge < -0.3 is 15.2 Å². The van der Waals surface area contributed by atoms with Crippen LogP contribution in [0.3, 0.4) is 0 Å². The molecule has 6 rings (SSSR count). The van der Waals surface area contributed by atoms with Crippen LogP contribution in [0.25, 0.3) is 21.8 Å². The van der Waals surface area contributed by atoms with E-state index < -0.39 is 10.1 Å². The molecule has 0 radical (unpaired) electrons. The van der Waals surface area contributed by atoms with E-state index in [0.29, 0.717) is 17.5 Å². The molecular formula is C34H34N4O4S. The van der Waals surface area contributed by atoms with E-state index in [4.69, 9.17) is 4.28 Å². The van der Waals surface area contributed by atoms with Crippen molar-refractivity contribution in [2.75, 3.05) is 5.75 Å². The van der Waals surface area contributed by atoms with Gasteiger partial charge in [-0.15, -0.1) is 0 Å². The zero-order valence-electron chi connectivity index (χ0n) is 23.8. The molecule has 2 aromatic heterocycles. The first-order valence-electron chi connectivity index (χ1n) is 13.9. The van der Waals surface area contributed by atoms with Crippen LogP contribution < -0.4 is 0 Å². The lowest BCUT2D eigenvalue weighted by atomic mass is 10.0. The molecule has 0 fully saturated rings. The Bertz CT molecular complexity index is 1740. The van der Waals surface area contributed by atoms with Crippen molar-refractivity contribution in [1.29, 1.82) is 0 Å². The number of rotatable bonds is 8. The van der Waals surface area contributed by atoms with Gasteiger partial charge in [-0.2, -0.15) is 8.42 Å². The number of oxime groups is 2. The van der Waals surface area contributed by atoms with E-state index in [1.165, 1.54) is 21.8 Å². The number of fused-ring (bicyclic) bond motifs is 2. The lowest BCUT2D eigenvalue weighted by Crippen LogP contribution is -2.19. The van der Waals surface area contributed by atoms with Crippen molar-refractivity contribution in [2.45, 2.75) is 19.8 Å². The normalized spacial score (nSPS) is 11.7. The molecule has 220 valence electrons. The van der Waals surface area contributed by atoms with Gasteiger partial charge in [0.15, 0.2) is 0 Å². The molecule has 0 spiro atoms. The molecule has 0 aliphatic carbocycles. The smallest absolute Gasteiger partial charge is 0.328 e. The second-order valence-electron chi connectivity index (χ2n) is 9.44. The zero-order chi connectivity index (χ0) is 30.3. The van der Waals surface area contributed by atoms with Gasteiger partial charge in [-0.25, -0.2) is 0 Å². The minimum atomic E-state index is -3.79. The Morgan fingerprint density at radius 3 is 1.60 bits per heavy atom. The molecule has 43 heavy (non-hydrogen) atoms. The van der Waals surface area contributed by atoms with Crippen molar-refractivity contribution >= 4 is 43.3 Å². The van der Waals surface area contributed by atoms with Crippen molar-refractivity contribution in [3.8, 4) is 0 Å². The summed E-state index contributed by atoms with van der Waals surface area (Å²) in [4.78, 5) is 6.24. The van der Waals surface area contributed by atoms with E-state index in [1.807, 2.05) is 55.7 Å². The van der Waals surface area contributed by atoms with Gasteiger partial charge in [0.25, 0.3) is 0 Å². The van der Waals surface area contributed by atoms with Gasteiger partial charge in [0, 0.05) is 34.6 Å². The van der Waals surface area contributed by atoms with E-state index in [1.54, 1.807) is 48.5 Å². The molecule has 4 aromatic carbocycles. The van der Waals surface area contributed by atoms with Crippen molar-refractivity contribution in [3.63, 3.8) is 0 Å². The van der Waals surface area contributed by atoms with Crippen LogP contribution in [-0.4, -0.2) is 40.8 Å². The number of aromatic amines is 2. The Morgan fingerprint density at radius 1 is 0.674 bits per heavy atom. The lowest BCUT2D eigenvalue weighted by Gasteiger charge is -2.09. The second kappa shape index (κ2) is 15.7. The predicted octanol–water partition coefficient (Wildman–Crippen LogP) is 7.75. The van der Waals surface area contributed by atoms with E-state index in [2.05, 4.69) is 56.7 Å². The maximum absolute atomic E-state index is 11.9. The SMILES string of the molecule is CCCCS(=O)(=O)ON=C(C(=NO)c1ccccc1)c1ccccc1.c1ccc2[nH]ccc2c1.c1ccc2[nH]ccc2c1. The molecule has 0 atom stereocenters. The molecule has 0 unspecified atom stereocenters. The molecule has 0 saturated carbocycles. The summed E-state index contributed by atoms with van der Waals surface area (Å²) >= 11 is 0. The summed E-state index contributed by atoms with van der Waals surface area (Å²) in [6.07, 6.45) is 5.11. The van der Waals surface area contributed by atoms with Crippen LogP contribution in [0.15, 0.2) is 144 Å². The highest BCUT2D eigenvalue weighted by molar-refractivity contribution is 7.86. The molecule has 8 nitrogen and oxygen atoms in total. The van der Waals surface area contributed by atoms with Gasteiger partial charge in [-0.1, -0.05) is 121 Å². The lowest BCUT2D eigenvalue weighted by molar-refractivity contribution is 0.319. The first-order valence-corrected chi connectivity index (χ1v) is 15.5. The summed E-state index contributed by atoms with van der Waals surface area (Å²) < 4.78 is 28.7. The number of benzene rings is 4. The molecule has 6 aromatic rings. The summed E-state index contributed by atoms with van der Waals surface area (Å²) in [5.41, 5.74) is 3.83. The topological polar surface area (TPSA) is 120 Å². The third kappa shape index (κ3) is 9.17. The van der Waals surface area contributed by atoms with Gasteiger partial charge in [0.2, 0.25) is 0 Å². The fourth-order valence-corrected chi connectivity index (χ4v) is 5.01. The third-order valence-electron chi connectivity index (χ3n) is 6.33. The molecule has 0 saturated heterocycles. The molecule has 9 heteroatoms. The molecule has 0 amide bonds. The number of nitrogens with one attached hydrogen (secondary N) is 2. The van der Waals surface area contributed by atoms with E-state index in [9.17, 15) is 13.6 Å². The number of hydrogen-bond donors (Lipinski definition) is 3. The summed E-state index contributed by atoms with van der Waals surface area (Å²) in [5.74, 6) is -0.119. The molecule has 0 bridgehead atoms. The Morgan fingerprint density at radius 2 is 1.14 bits per heavy atom. The number of unbranched alkanes of at least 4 members (excludes halogenated alkanes) is 1. The maximum atomic E-state index is 11.9. The fraction of sp³-hybridized carbons (Fsp3) is 0.118. The molecule has 0 aliphatic rings. The highest BCUT2D eigenvalue weighted by Crippen LogP contribution is 2.13. The van der Waals surface area contributed by atoms with Gasteiger partial charge in [0.1, 0.15) is 11.4 Å². The van der Waals surface area contributed by atoms with Crippen LogP contribution in [0.2, 0.25) is 0 Å². The average molecular weight is 595 g/mol. The van der Waals surface area contributed by atoms with E-state index in [0.717, 1.165) is 6.42 Å². The molecule has 2 heterocycles. The van der Waals surface area contributed by atoms with Crippen LogP contribution in [0, 0.1) is 0 Å². The third-order valence-corrected chi connectivity index (χ3v) is 7.42. The van der Waals surface area contributed by atoms with Crippen molar-refractivity contribution < 1.29 is 17.9 Å². The Hall–Kier alpha value is -5.15. The number of H-pyrrole nitrogens is 2. The van der Waals surface area contributed by atoms with Crippen LogP contribution >= 0.6 is 0 Å². The first-order chi connectivity index (χ1) is 21.0. The Kier molecular flexibility index (Phi) is 11.3. The first kappa shape index (κ1) is 30.8. The van der Waals surface area contributed by atoms with Crippen LogP contribution in [0.4, 0.5) is 0 Å². The summed E-state index contributed by atoms with van der Waals surface area (Å²) in [6, 6.07) is 38.2. The van der Waals surface area contributed by atoms with E-state index >= 15 is 0 Å². The quantitative estimate of drug-likeness (QED) is 0.0948. The fourth-order valence-electron chi connectivity index (χ4n) is 4.11. The molecule has 0 aliphatic heterocycles. The Labute approximate surface area is 251 Å². The predicted molar refractivity (Wildman–Crippen MR) is 174 cm³/mol. The van der Waals surface area contributed by atoms with Crippen molar-refractivity contribution in [2.24, 2.45) is 10.3 Å². The second-order valence-corrected chi connectivity index (χ2v) is 11.1. The number of aromatic nitrogens is 2. The largest absolute Gasteiger partial charge is 0.410 e. The van der Waals surface area contributed by atoms with Gasteiger partial charge in [-0.05, 0) is 41.5 Å². The van der Waals surface area contributed by atoms with Crippen LogP contribution in [0.1, 0.15) is 30.9 Å². The number of para-hydroxylation sites is 2. The summed E-state index contributed by atoms with van der Waals surface area (Å²) in [5, 5.41) is 19.1. The van der Waals surface area contributed by atoms with Gasteiger partial charge in [-0.3, -0.25) is 4.28 Å². The van der Waals surface area contributed by atoms with E-state index in [-0.39, 0.29) is 17.2 Å². The van der Waals surface area contributed by atoms with Gasteiger partial charge in [0.05, 0.1) is 5.75 Å². The highest BCUT2D eigenvalue weighted by atomic mass is 32.2. The monoisotopic (exact) mass is 594 g/mol. The zero-order valence-corrected chi connectivity index (χ0v) is 24.6. The molecular weight excluding hydrogens is 560 g/mol. The Balaban J connectivity index is 0.000000187. The minimum Gasteiger partial charge on any atom is -0.410 e. The van der Waals surface area contributed by atoms with Crippen molar-refractivity contribution in [1.82, 2.24) is 9.97 Å². The maximum Gasteiger partial charge on any atom is 0.328 e. The number of nitrogens with zero attached hydrogens (tertiary/aromatic N) is 2.